The van der Waals surface area contributed by atoms with E-state index in [2.05, 4.69) is 25.6 Å². The summed E-state index contributed by atoms with van der Waals surface area (Å²) in [6.07, 6.45) is 5.21. The number of aromatic nitrogens is 3. The van der Waals surface area contributed by atoms with Crippen LogP contribution in [-0.4, -0.2) is 15.0 Å². The standard InChI is InChI=1S/C16H13Cl2N5/c17-12-3-4-13(18)14(8-12)22-16-20-7-5-15(23-16)21-10-11-2-1-6-19-9-11/h1-9H,10H2,(H2,20,21,22,23). The van der Waals surface area contributed by atoms with E-state index in [4.69, 9.17) is 23.2 Å². The van der Waals surface area contributed by atoms with Gasteiger partial charge in [-0.15, -0.1) is 0 Å². The molecule has 7 heteroatoms. The highest BCUT2D eigenvalue weighted by Gasteiger charge is 2.05. The highest BCUT2D eigenvalue weighted by atomic mass is 35.5. The summed E-state index contributed by atoms with van der Waals surface area (Å²) in [5.74, 6) is 1.13. The molecule has 1 aromatic carbocycles. The zero-order chi connectivity index (χ0) is 16.1. The van der Waals surface area contributed by atoms with E-state index in [0.717, 1.165) is 5.56 Å². The smallest absolute Gasteiger partial charge is 0.229 e. The third-order valence-corrected chi connectivity index (χ3v) is 3.59. The molecule has 0 fully saturated rings. The van der Waals surface area contributed by atoms with Crippen LogP contribution in [0.25, 0.3) is 0 Å². The predicted octanol–water partition coefficient (Wildman–Crippen LogP) is 4.53. The molecule has 0 unspecified atom stereocenters. The van der Waals surface area contributed by atoms with Crippen LogP contribution in [0, 0.1) is 0 Å². The van der Waals surface area contributed by atoms with E-state index in [0.29, 0.717) is 34.0 Å². The van der Waals surface area contributed by atoms with Crippen LogP contribution in [0.2, 0.25) is 10.0 Å². The maximum absolute atomic E-state index is 6.13. The molecule has 0 aliphatic carbocycles. The minimum absolute atomic E-state index is 0.436. The number of nitrogens with zero attached hydrogens (tertiary/aromatic N) is 3. The van der Waals surface area contributed by atoms with E-state index in [1.165, 1.54) is 0 Å². The Kier molecular flexibility index (Phi) is 4.90. The van der Waals surface area contributed by atoms with Crippen LogP contribution in [0.15, 0.2) is 55.0 Å². The first-order valence-electron chi connectivity index (χ1n) is 6.88. The molecule has 23 heavy (non-hydrogen) atoms. The van der Waals surface area contributed by atoms with Crippen molar-refractivity contribution in [3.63, 3.8) is 0 Å². The lowest BCUT2D eigenvalue weighted by molar-refractivity contribution is 1.07. The highest BCUT2D eigenvalue weighted by Crippen LogP contribution is 2.27. The summed E-state index contributed by atoms with van der Waals surface area (Å²) in [5, 5.41) is 7.42. The van der Waals surface area contributed by atoms with Crippen molar-refractivity contribution in [2.75, 3.05) is 10.6 Å². The van der Waals surface area contributed by atoms with E-state index in [-0.39, 0.29) is 0 Å². The predicted molar refractivity (Wildman–Crippen MR) is 93.3 cm³/mol. The van der Waals surface area contributed by atoms with E-state index >= 15 is 0 Å². The molecule has 0 atom stereocenters. The Morgan fingerprint density at radius 2 is 1.96 bits per heavy atom. The average molecular weight is 346 g/mol. The van der Waals surface area contributed by atoms with Gasteiger partial charge >= 0.3 is 0 Å². The quantitative estimate of drug-likeness (QED) is 0.710. The lowest BCUT2D eigenvalue weighted by atomic mass is 10.3. The summed E-state index contributed by atoms with van der Waals surface area (Å²) >= 11 is 12.1. The SMILES string of the molecule is Clc1ccc(Cl)c(Nc2nccc(NCc3cccnc3)n2)c1. The fraction of sp³-hybridized carbons (Fsp3) is 0.0625. The number of hydrogen-bond acceptors (Lipinski definition) is 5. The minimum atomic E-state index is 0.436. The van der Waals surface area contributed by atoms with Gasteiger partial charge in [0.2, 0.25) is 5.95 Å². The Bertz CT molecular complexity index is 795. The fourth-order valence-corrected chi connectivity index (χ4v) is 2.26. The van der Waals surface area contributed by atoms with Gasteiger partial charge in [0.05, 0.1) is 10.7 Å². The van der Waals surface area contributed by atoms with E-state index in [1.54, 1.807) is 42.9 Å². The van der Waals surface area contributed by atoms with Crippen molar-refractivity contribution in [3.05, 3.63) is 70.6 Å². The number of rotatable bonds is 5. The number of benzene rings is 1. The normalized spacial score (nSPS) is 10.3. The van der Waals surface area contributed by atoms with E-state index in [9.17, 15) is 0 Å². The van der Waals surface area contributed by atoms with Crippen molar-refractivity contribution in [2.45, 2.75) is 6.54 Å². The van der Waals surface area contributed by atoms with Crippen molar-refractivity contribution in [1.82, 2.24) is 15.0 Å². The van der Waals surface area contributed by atoms with Crippen LogP contribution < -0.4 is 10.6 Å². The maximum Gasteiger partial charge on any atom is 0.229 e. The molecule has 3 aromatic rings. The third kappa shape index (κ3) is 4.31. The van der Waals surface area contributed by atoms with Crippen molar-refractivity contribution < 1.29 is 0 Å². The molecular weight excluding hydrogens is 333 g/mol. The lowest BCUT2D eigenvalue weighted by Crippen LogP contribution is -2.04. The summed E-state index contributed by atoms with van der Waals surface area (Å²) in [6, 6.07) is 10.8. The second kappa shape index (κ2) is 7.26. The monoisotopic (exact) mass is 345 g/mol. The first-order valence-corrected chi connectivity index (χ1v) is 7.64. The van der Waals surface area contributed by atoms with Gasteiger partial charge in [0.15, 0.2) is 0 Å². The average Bonchev–Trinajstić information content (AvgIpc) is 2.58. The molecule has 0 saturated carbocycles. The van der Waals surface area contributed by atoms with Crippen molar-refractivity contribution >= 4 is 40.7 Å². The van der Waals surface area contributed by atoms with Crippen LogP contribution >= 0.6 is 23.2 Å². The molecule has 0 aliphatic heterocycles. The zero-order valence-electron chi connectivity index (χ0n) is 12.0. The molecule has 2 aromatic heterocycles. The Morgan fingerprint density at radius 1 is 1.04 bits per heavy atom. The van der Waals surface area contributed by atoms with Crippen LogP contribution in [0.4, 0.5) is 17.5 Å². The van der Waals surface area contributed by atoms with Gasteiger partial charge in [-0.2, -0.15) is 4.98 Å². The van der Waals surface area contributed by atoms with Gasteiger partial charge in [-0.05, 0) is 35.9 Å². The highest BCUT2D eigenvalue weighted by molar-refractivity contribution is 6.35. The van der Waals surface area contributed by atoms with Gasteiger partial charge in [-0.1, -0.05) is 29.3 Å². The molecule has 2 N–H and O–H groups in total. The van der Waals surface area contributed by atoms with Crippen molar-refractivity contribution in [3.8, 4) is 0 Å². The number of halogens is 2. The van der Waals surface area contributed by atoms with Gasteiger partial charge < -0.3 is 10.6 Å². The first-order chi connectivity index (χ1) is 11.2. The van der Waals surface area contributed by atoms with Gasteiger partial charge in [-0.25, -0.2) is 4.98 Å². The first kappa shape index (κ1) is 15.5. The second-order valence-electron chi connectivity index (χ2n) is 4.73. The summed E-state index contributed by atoms with van der Waals surface area (Å²) in [7, 11) is 0. The Morgan fingerprint density at radius 3 is 2.78 bits per heavy atom. The lowest BCUT2D eigenvalue weighted by Gasteiger charge is -2.09. The molecule has 2 heterocycles. The number of nitrogens with one attached hydrogen (secondary N) is 2. The maximum atomic E-state index is 6.13. The zero-order valence-corrected chi connectivity index (χ0v) is 13.5. The molecule has 0 aliphatic rings. The summed E-state index contributed by atoms with van der Waals surface area (Å²) in [4.78, 5) is 12.7. The van der Waals surface area contributed by atoms with Crippen LogP contribution in [0.5, 0.6) is 0 Å². The van der Waals surface area contributed by atoms with Crippen molar-refractivity contribution in [2.24, 2.45) is 0 Å². The van der Waals surface area contributed by atoms with Crippen LogP contribution in [0.1, 0.15) is 5.56 Å². The number of hydrogen-bond donors (Lipinski definition) is 2. The summed E-state index contributed by atoms with van der Waals surface area (Å²) in [6.45, 7) is 0.627. The molecule has 0 amide bonds. The molecule has 0 bridgehead atoms. The van der Waals surface area contributed by atoms with Crippen LogP contribution in [0.3, 0.4) is 0 Å². The van der Waals surface area contributed by atoms with Gasteiger partial charge in [0.1, 0.15) is 5.82 Å². The Hall–Kier alpha value is -2.37. The number of anilines is 3. The molecule has 116 valence electrons. The molecular formula is C16H13Cl2N5. The second-order valence-corrected chi connectivity index (χ2v) is 5.57. The molecule has 5 nitrogen and oxygen atoms in total. The summed E-state index contributed by atoms with van der Waals surface area (Å²) < 4.78 is 0. The number of pyridine rings is 1. The Labute approximate surface area is 143 Å². The molecule has 3 rings (SSSR count). The summed E-state index contributed by atoms with van der Waals surface area (Å²) in [5.41, 5.74) is 1.72. The van der Waals surface area contributed by atoms with Crippen LogP contribution in [-0.2, 0) is 6.54 Å². The van der Waals surface area contributed by atoms with E-state index in [1.807, 2.05) is 12.1 Å². The van der Waals surface area contributed by atoms with Gasteiger partial charge in [-0.3, -0.25) is 4.98 Å². The molecule has 0 spiro atoms. The van der Waals surface area contributed by atoms with Gasteiger partial charge in [0.25, 0.3) is 0 Å². The van der Waals surface area contributed by atoms with E-state index < -0.39 is 0 Å². The third-order valence-electron chi connectivity index (χ3n) is 3.03. The molecule has 0 radical (unpaired) electrons. The topological polar surface area (TPSA) is 62.7 Å². The fourth-order valence-electron chi connectivity index (χ4n) is 1.93. The van der Waals surface area contributed by atoms with Crippen molar-refractivity contribution in [1.29, 1.82) is 0 Å². The molecule has 0 saturated heterocycles. The Balaban J connectivity index is 1.71. The largest absolute Gasteiger partial charge is 0.366 e. The van der Waals surface area contributed by atoms with Gasteiger partial charge in [0, 0.05) is 30.2 Å². The minimum Gasteiger partial charge on any atom is -0.366 e.